The molecule has 0 radical (unpaired) electrons. The molecule has 3 aromatic rings. The van der Waals surface area contributed by atoms with Gasteiger partial charge in [0.2, 0.25) is 0 Å². The third-order valence-corrected chi connectivity index (χ3v) is 5.95. The van der Waals surface area contributed by atoms with Crippen LogP contribution < -0.4 is 23.8 Å². The first kappa shape index (κ1) is 25.1. The standard InChI is InChI=1S/C27H32N4O5/c1-4-17-35-21-6-8-22(9-7-21)36-19-27(32)31-15-13-30(14-16-31)26-12-10-23(28-29-26)20-5-11-24(33-2)25(18-20)34-3/h5-12,18H,4,13-17,19H2,1-3H3. The Labute approximate surface area is 211 Å². The van der Waals surface area contributed by atoms with Crippen LogP contribution in [0, 0.1) is 0 Å². The summed E-state index contributed by atoms with van der Waals surface area (Å²) in [5, 5.41) is 8.81. The normalized spacial score (nSPS) is 13.3. The number of carbonyl (C=O) groups excluding carboxylic acids is 1. The zero-order chi connectivity index (χ0) is 25.3. The number of amides is 1. The number of benzene rings is 2. The van der Waals surface area contributed by atoms with Crippen LogP contribution in [0.4, 0.5) is 5.82 Å². The summed E-state index contributed by atoms with van der Waals surface area (Å²) in [5.41, 5.74) is 1.64. The van der Waals surface area contributed by atoms with Crippen LogP contribution in [0.15, 0.2) is 54.6 Å². The summed E-state index contributed by atoms with van der Waals surface area (Å²) in [6, 6.07) is 16.9. The van der Waals surface area contributed by atoms with E-state index in [9.17, 15) is 4.79 Å². The van der Waals surface area contributed by atoms with Crippen LogP contribution >= 0.6 is 0 Å². The Hall–Kier alpha value is -4.01. The molecule has 1 aliphatic heterocycles. The molecule has 0 N–H and O–H groups in total. The SMILES string of the molecule is CCCOc1ccc(OCC(=O)N2CCN(c3ccc(-c4ccc(OC)c(OC)c4)nn3)CC2)cc1. The van der Waals surface area contributed by atoms with Crippen molar-refractivity contribution in [2.45, 2.75) is 13.3 Å². The molecular formula is C27H32N4O5. The minimum atomic E-state index is -0.0316. The van der Waals surface area contributed by atoms with Gasteiger partial charge < -0.3 is 28.7 Å². The molecule has 0 spiro atoms. The summed E-state index contributed by atoms with van der Waals surface area (Å²) in [4.78, 5) is 16.6. The van der Waals surface area contributed by atoms with Gasteiger partial charge in [-0.25, -0.2) is 0 Å². The van der Waals surface area contributed by atoms with Gasteiger partial charge in [-0.05, 0) is 61.0 Å². The third kappa shape index (κ3) is 6.16. The van der Waals surface area contributed by atoms with Gasteiger partial charge in [-0.1, -0.05) is 6.92 Å². The number of ether oxygens (including phenoxy) is 4. The van der Waals surface area contributed by atoms with Gasteiger partial charge in [0.15, 0.2) is 23.9 Å². The Morgan fingerprint density at radius 2 is 1.53 bits per heavy atom. The fraction of sp³-hybridized carbons (Fsp3) is 0.370. The zero-order valence-electron chi connectivity index (χ0n) is 21.0. The monoisotopic (exact) mass is 492 g/mol. The van der Waals surface area contributed by atoms with Crippen molar-refractivity contribution >= 4 is 11.7 Å². The largest absolute Gasteiger partial charge is 0.494 e. The Morgan fingerprint density at radius 1 is 0.833 bits per heavy atom. The van der Waals surface area contributed by atoms with E-state index in [0.29, 0.717) is 50.0 Å². The van der Waals surface area contributed by atoms with Crippen LogP contribution in [0.3, 0.4) is 0 Å². The van der Waals surface area contributed by atoms with Crippen LogP contribution in [0.5, 0.6) is 23.0 Å². The Balaban J connectivity index is 1.27. The number of piperazine rings is 1. The van der Waals surface area contributed by atoms with Gasteiger partial charge in [0.1, 0.15) is 11.5 Å². The average Bonchev–Trinajstić information content (AvgIpc) is 2.95. The first-order chi connectivity index (χ1) is 17.6. The molecule has 1 aliphatic rings. The van der Waals surface area contributed by atoms with Gasteiger partial charge in [0.05, 0.1) is 26.5 Å². The molecule has 4 rings (SSSR count). The summed E-state index contributed by atoms with van der Waals surface area (Å²) in [6.07, 6.45) is 0.956. The molecule has 1 saturated heterocycles. The second kappa shape index (κ2) is 12.1. The molecule has 1 amide bonds. The highest BCUT2D eigenvalue weighted by Crippen LogP contribution is 2.31. The quantitative estimate of drug-likeness (QED) is 0.424. The highest BCUT2D eigenvalue weighted by Gasteiger charge is 2.22. The van der Waals surface area contributed by atoms with Gasteiger partial charge in [0.25, 0.3) is 5.91 Å². The summed E-state index contributed by atoms with van der Waals surface area (Å²) < 4.78 is 21.9. The number of rotatable bonds is 10. The van der Waals surface area contributed by atoms with Crippen molar-refractivity contribution in [3.05, 3.63) is 54.6 Å². The number of nitrogens with zero attached hydrogens (tertiary/aromatic N) is 4. The predicted octanol–water partition coefficient (Wildman–Crippen LogP) is 3.68. The van der Waals surface area contributed by atoms with E-state index < -0.39 is 0 Å². The van der Waals surface area contributed by atoms with Crippen molar-refractivity contribution in [1.82, 2.24) is 15.1 Å². The summed E-state index contributed by atoms with van der Waals surface area (Å²) >= 11 is 0. The van der Waals surface area contributed by atoms with Gasteiger partial charge in [-0.2, -0.15) is 0 Å². The third-order valence-electron chi connectivity index (χ3n) is 5.95. The highest BCUT2D eigenvalue weighted by molar-refractivity contribution is 5.78. The van der Waals surface area contributed by atoms with E-state index in [1.54, 1.807) is 14.2 Å². The number of hydrogen-bond acceptors (Lipinski definition) is 8. The molecule has 0 bridgehead atoms. The predicted molar refractivity (Wildman–Crippen MR) is 137 cm³/mol. The van der Waals surface area contributed by atoms with Gasteiger partial charge in [0, 0.05) is 31.7 Å². The second-order valence-corrected chi connectivity index (χ2v) is 8.32. The van der Waals surface area contributed by atoms with Gasteiger partial charge >= 0.3 is 0 Å². The molecule has 1 fully saturated rings. The lowest BCUT2D eigenvalue weighted by Gasteiger charge is -2.35. The molecule has 2 aromatic carbocycles. The van der Waals surface area contributed by atoms with Crippen molar-refractivity contribution in [2.24, 2.45) is 0 Å². The number of carbonyl (C=O) groups is 1. The van der Waals surface area contributed by atoms with Crippen molar-refractivity contribution in [3.8, 4) is 34.3 Å². The zero-order valence-corrected chi connectivity index (χ0v) is 21.0. The van der Waals surface area contributed by atoms with E-state index in [-0.39, 0.29) is 12.5 Å². The lowest BCUT2D eigenvalue weighted by atomic mass is 10.1. The van der Waals surface area contributed by atoms with E-state index in [2.05, 4.69) is 22.0 Å². The summed E-state index contributed by atoms with van der Waals surface area (Å²) in [5.74, 6) is 3.51. The van der Waals surface area contributed by atoms with Crippen molar-refractivity contribution in [1.29, 1.82) is 0 Å². The Kier molecular flexibility index (Phi) is 8.44. The van der Waals surface area contributed by atoms with Crippen LogP contribution in [0.25, 0.3) is 11.3 Å². The van der Waals surface area contributed by atoms with Crippen LogP contribution in [0.2, 0.25) is 0 Å². The van der Waals surface area contributed by atoms with E-state index >= 15 is 0 Å². The van der Waals surface area contributed by atoms with E-state index in [4.69, 9.17) is 18.9 Å². The Bertz CT molecular complexity index is 1130. The minimum absolute atomic E-state index is 0.00892. The first-order valence-electron chi connectivity index (χ1n) is 12.1. The molecule has 1 aromatic heterocycles. The molecule has 0 atom stereocenters. The number of hydrogen-bond donors (Lipinski definition) is 0. The molecule has 0 saturated carbocycles. The average molecular weight is 493 g/mol. The van der Waals surface area contributed by atoms with Gasteiger partial charge in [-0.3, -0.25) is 4.79 Å². The number of methoxy groups -OCH3 is 2. The maximum atomic E-state index is 12.6. The second-order valence-electron chi connectivity index (χ2n) is 8.32. The minimum Gasteiger partial charge on any atom is -0.494 e. The fourth-order valence-electron chi connectivity index (χ4n) is 3.92. The molecule has 190 valence electrons. The topological polar surface area (TPSA) is 86.3 Å². The van der Waals surface area contributed by atoms with Crippen molar-refractivity contribution in [3.63, 3.8) is 0 Å². The molecule has 9 nitrogen and oxygen atoms in total. The molecular weight excluding hydrogens is 460 g/mol. The molecule has 2 heterocycles. The van der Waals surface area contributed by atoms with Gasteiger partial charge in [-0.15, -0.1) is 10.2 Å². The lowest BCUT2D eigenvalue weighted by Crippen LogP contribution is -2.50. The smallest absolute Gasteiger partial charge is 0.260 e. The highest BCUT2D eigenvalue weighted by atomic mass is 16.5. The molecule has 0 unspecified atom stereocenters. The van der Waals surface area contributed by atoms with Crippen LogP contribution in [-0.2, 0) is 4.79 Å². The maximum absolute atomic E-state index is 12.6. The Morgan fingerprint density at radius 3 is 2.14 bits per heavy atom. The van der Waals surface area contributed by atoms with Crippen molar-refractivity contribution < 1.29 is 23.7 Å². The van der Waals surface area contributed by atoms with E-state index in [0.717, 1.165) is 29.2 Å². The molecule has 9 heteroatoms. The van der Waals surface area contributed by atoms with E-state index in [1.165, 1.54) is 0 Å². The molecule has 0 aliphatic carbocycles. The lowest BCUT2D eigenvalue weighted by molar-refractivity contribution is -0.133. The van der Waals surface area contributed by atoms with Crippen molar-refractivity contribution in [2.75, 3.05) is 58.5 Å². The summed E-state index contributed by atoms with van der Waals surface area (Å²) in [6.45, 7) is 5.32. The van der Waals surface area contributed by atoms with E-state index in [1.807, 2.05) is 59.5 Å². The van der Waals surface area contributed by atoms with Crippen LogP contribution in [-0.4, -0.2) is 74.6 Å². The number of anilines is 1. The maximum Gasteiger partial charge on any atom is 0.260 e. The van der Waals surface area contributed by atoms with Crippen LogP contribution in [0.1, 0.15) is 13.3 Å². The number of aromatic nitrogens is 2. The fourth-order valence-corrected chi connectivity index (χ4v) is 3.92. The first-order valence-corrected chi connectivity index (χ1v) is 12.1. The molecule has 36 heavy (non-hydrogen) atoms. The summed E-state index contributed by atoms with van der Waals surface area (Å²) in [7, 11) is 3.21.